The van der Waals surface area contributed by atoms with Gasteiger partial charge in [0.2, 0.25) is 5.76 Å². The molecule has 0 bridgehead atoms. The number of aromatic carboxylic acids is 1. The number of carboxylic acid groups (broad SMARTS) is 1. The Kier molecular flexibility index (Phi) is 5.93. The summed E-state index contributed by atoms with van der Waals surface area (Å²) in [4.78, 5) is 22.7. The van der Waals surface area contributed by atoms with Gasteiger partial charge in [0.15, 0.2) is 0 Å². The fourth-order valence-electron chi connectivity index (χ4n) is 2.65. The zero-order valence-corrected chi connectivity index (χ0v) is 14.7. The van der Waals surface area contributed by atoms with Gasteiger partial charge in [0, 0.05) is 11.9 Å². The number of carbonyl (C=O) groups excluding carboxylic acids is 1. The van der Waals surface area contributed by atoms with Gasteiger partial charge in [-0.3, -0.25) is 0 Å². The van der Waals surface area contributed by atoms with E-state index in [0.717, 1.165) is 5.56 Å². The number of carboxylic acids is 1. The SMILES string of the molecule is O=C(NCC(O)C(O)c1ccc2oc(C(=O)O)cc2c1)OCc1ccccc1. The number of alkyl carbamates (subject to hydrolysis) is 1. The summed E-state index contributed by atoms with van der Waals surface area (Å²) in [6, 6.07) is 15.0. The number of amides is 1. The van der Waals surface area contributed by atoms with E-state index in [0.29, 0.717) is 16.5 Å². The lowest BCUT2D eigenvalue weighted by molar-refractivity contribution is 0.0185. The molecule has 2 atom stereocenters. The lowest BCUT2D eigenvalue weighted by atomic mass is 10.0. The molecule has 28 heavy (non-hydrogen) atoms. The van der Waals surface area contributed by atoms with Crippen LogP contribution < -0.4 is 5.32 Å². The molecule has 0 aliphatic rings. The smallest absolute Gasteiger partial charge is 0.407 e. The van der Waals surface area contributed by atoms with E-state index in [9.17, 15) is 19.8 Å². The third kappa shape index (κ3) is 4.67. The second-order valence-electron chi connectivity index (χ2n) is 6.17. The van der Waals surface area contributed by atoms with Crippen molar-refractivity contribution in [2.75, 3.05) is 6.54 Å². The normalized spacial score (nSPS) is 13.1. The summed E-state index contributed by atoms with van der Waals surface area (Å²) >= 11 is 0. The monoisotopic (exact) mass is 385 g/mol. The molecule has 2 unspecified atom stereocenters. The molecule has 4 N–H and O–H groups in total. The first kappa shape index (κ1) is 19.4. The summed E-state index contributed by atoms with van der Waals surface area (Å²) in [7, 11) is 0. The van der Waals surface area contributed by atoms with Gasteiger partial charge in [-0.2, -0.15) is 0 Å². The van der Waals surface area contributed by atoms with Crippen molar-refractivity contribution in [1.29, 1.82) is 0 Å². The van der Waals surface area contributed by atoms with Crippen molar-refractivity contribution in [1.82, 2.24) is 5.32 Å². The molecular formula is C20H19NO7. The van der Waals surface area contributed by atoms with Crippen LogP contribution in [0, 0.1) is 0 Å². The van der Waals surface area contributed by atoms with Crippen molar-refractivity contribution in [2.45, 2.75) is 18.8 Å². The van der Waals surface area contributed by atoms with E-state index in [4.69, 9.17) is 14.3 Å². The van der Waals surface area contributed by atoms with E-state index in [1.54, 1.807) is 0 Å². The molecule has 3 rings (SSSR count). The lowest BCUT2D eigenvalue weighted by Crippen LogP contribution is -2.35. The largest absolute Gasteiger partial charge is 0.475 e. The van der Waals surface area contributed by atoms with Crippen molar-refractivity contribution >= 4 is 23.0 Å². The van der Waals surface area contributed by atoms with Crippen LogP contribution in [0.25, 0.3) is 11.0 Å². The van der Waals surface area contributed by atoms with Gasteiger partial charge in [-0.15, -0.1) is 0 Å². The fraction of sp³-hybridized carbons (Fsp3) is 0.200. The van der Waals surface area contributed by atoms with Gasteiger partial charge in [0.1, 0.15) is 24.4 Å². The summed E-state index contributed by atoms with van der Waals surface area (Å²) in [5.74, 6) is -1.42. The Morgan fingerprint density at radius 1 is 1.07 bits per heavy atom. The number of aliphatic hydroxyl groups excluding tert-OH is 2. The van der Waals surface area contributed by atoms with Crippen LogP contribution in [0.4, 0.5) is 4.79 Å². The maximum atomic E-state index is 11.7. The minimum Gasteiger partial charge on any atom is -0.475 e. The van der Waals surface area contributed by atoms with Gasteiger partial charge in [0.05, 0.1) is 0 Å². The molecular weight excluding hydrogens is 366 g/mol. The average Bonchev–Trinajstić information content (AvgIpc) is 3.14. The van der Waals surface area contributed by atoms with Crippen LogP contribution in [0.3, 0.4) is 0 Å². The molecule has 1 heterocycles. The van der Waals surface area contributed by atoms with Gasteiger partial charge in [0.25, 0.3) is 0 Å². The Morgan fingerprint density at radius 3 is 2.54 bits per heavy atom. The number of carbonyl (C=O) groups is 2. The topological polar surface area (TPSA) is 129 Å². The number of fused-ring (bicyclic) bond motifs is 1. The highest BCUT2D eigenvalue weighted by Crippen LogP contribution is 2.25. The lowest BCUT2D eigenvalue weighted by Gasteiger charge is -2.18. The number of ether oxygens (including phenoxy) is 1. The van der Waals surface area contributed by atoms with E-state index in [1.807, 2.05) is 30.3 Å². The quantitative estimate of drug-likeness (QED) is 0.491. The molecule has 1 amide bonds. The first-order valence-corrected chi connectivity index (χ1v) is 8.51. The molecule has 0 aliphatic carbocycles. The van der Waals surface area contributed by atoms with Crippen molar-refractivity contribution < 1.29 is 34.1 Å². The van der Waals surface area contributed by atoms with Crippen LogP contribution in [0.15, 0.2) is 59.0 Å². The number of hydrogen-bond acceptors (Lipinski definition) is 6. The van der Waals surface area contributed by atoms with Gasteiger partial charge >= 0.3 is 12.1 Å². The molecule has 0 spiro atoms. The predicted molar refractivity (Wildman–Crippen MR) is 98.8 cm³/mol. The third-order valence-corrected chi connectivity index (χ3v) is 4.13. The summed E-state index contributed by atoms with van der Waals surface area (Å²) in [6.07, 6.45) is -3.29. The maximum absolute atomic E-state index is 11.7. The van der Waals surface area contributed by atoms with Gasteiger partial charge < -0.3 is 29.8 Å². The number of nitrogens with one attached hydrogen (secondary N) is 1. The number of benzene rings is 2. The van der Waals surface area contributed by atoms with E-state index >= 15 is 0 Å². The summed E-state index contributed by atoms with van der Waals surface area (Å²) < 4.78 is 10.2. The Morgan fingerprint density at radius 2 is 1.82 bits per heavy atom. The Hall–Kier alpha value is -3.36. The van der Waals surface area contributed by atoms with Gasteiger partial charge in [-0.1, -0.05) is 36.4 Å². The maximum Gasteiger partial charge on any atom is 0.407 e. The second kappa shape index (κ2) is 8.55. The number of rotatable bonds is 7. The number of hydrogen-bond donors (Lipinski definition) is 4. The number of aliphatic hydroxyl groups is 2. The molecule has 0 saturated carbocycles. The highest BCUT2D eigenvalue weighted by Gasteiger charge is 2.21. The van der Waals surface area contributed by atoms with Crippen molar-refractivity contribution in [3.8, 4) is 0 Å². The molecule has 8 nitrogen and oxygen atoms in total. The van der Waals surface area contributed by atoms with Gasteiger partial charge in [-0.25, -0.2) is 9.59 Å². The zero-order valence-electron chi connectivity index (χ0n) is 14.7. The van der Waals surface area contributed by atoms with Crippen molar-refractivity contribution in [2.24, 2.45) is 0 Å². The highest BCUT2D eigenvalue weighted by atomic mass is 16.5. The van der Waals surface area contributed by atoms with E-state index in [2.05, 4.69) is 5.32 Å². The molecule has 8 heteroatoms. The van der Waals surface area contributed by atoms with E-state index in [1.165, 1.54) is 24.3 Å². The molecule has 2 aromatic carbocycles. The molecule has 0 saturated heterocycles. The molecule has 1 aromatic heterocycles. The Bertz CT molecular complexity index is 967. The van der Waals surface area contributed by atoms with Gasteiger partial charge in [-0.05, 0) is 29.3 Å². The Balaban J connectivity index is 1.55. The van der Waals surface area contributed by atoms with Crippen LogP contribution in [0.1, 0.15) is 27.8 Å². The van der Waals surface area contributed by atoms with Crippen LogP contribution in [-0.4, -0.2) is 40.0 Å². The van der Waals surface area contributed by atoms with Crippen molar-refractivity contribution in [3.63, 3.8) is 0 Å². The standard InChI is InChI=1S/C20H19NO7/c22-15(10-21-20(26)27-11-12-4-2-1-3-5-12)18(23)13-6-7-16-14(8-13)9-17(28-16)19(24)25/h1-9,15,18,22-23H,10-11H2,(H,21,26)(H,24,25). The average molecular weight is 385 g/mol. The number of furan rings is 1. The van der Waals surface area contributed by atoms with Crippen molar-refractivity contribution in [3.05, 3.63) is 71.5 Å². The van der Waals surface area contributed by atoms with Crippen LogP contribution in [0.2, 0.25) is 0 Å². The molecule has 146 valence electrons. The van der Waals surface area contributed by atoms with Crippen LogP contribution in [-0.2, 0) is 11.3 Å². The minimum atomic E-state index is -1.29. The molecule has 3 aromatic rings. The Labute approximate surface area is 160 Å². The van der Waals surface area contributed by atoms with E-state index < -0.39 is 24.3 Å². The fourth-order valence-corrected chi connectivity index (χ4v) is 2.65. The van der Waals surface area contributed by atoms with Crippen LogP contribution in [0.5, 0.6) is 0 Å². The molecule has 0 aliphatic heterocycles. The van der Waals surface area contributed by atoms with E-state index in [-0.39, 0.29) is 18.9 Å². The third-order valence-electron chi connectivity index (χ3n) is 4.13. The summed E-state index contributed by atoms with van der Waals surface area (Å²) in [5.41, 5.74) is 1.54. The molecule has 0 radical (unpaired) electrons. The highest BCUT2D eigenvalue weighted by molar-refractivity contribution is 5.91. The first-order chi connectivity index (χ1) is 13.4. The van der Waals surface area contributed by atoms with Crippen LogP contribution >= 0.6 is 0 Å². The zero-order chi connectivity index (χ0) is 20.1. The predicted octanol–water partition coefficient (Wildman–Crippen LogP) is 2.45. The summed E-state index contributed by atoms with van der Waals surface area (Å²) in [5, 5.41) is 32.3. The summed E-state index contributed by atoms with van der Waals surface area (Å²) in [6.45, 7) is -0.132. The minimum absolute atomic E-state index is 0.0917. The first-order valence-electron chi connectivity index (χ1n) is 8.51. The molecule has 0 fully saturated rings. The second-order valence-corrected chi connectivity index (χ2v) is 6.17.